The molecule has 1 aromatic carbocycles. The van der Waals surface area contributed by atoms with Crippen LogP contribution in [0.2, 0.25) is 5.02 Å². The molecule has 2 aliphatic rings. The van der Waals surface area contributed by atoms with Gasteiger partial charge in [0.15, 0.2) is 5.78 Å². The van der Waals surface area contributed by atoms with E-state index in [1.54, 1.807) is 0 Å². The van der Waals surface area contributed by atoms with Gasteiger partial charge in [-0.3, -0.25) is 9.69 Å². The highest BCUT2D eigenvalue weighted by molar-refractivity contribution is 6.30. The maximum atomic E-state index is 13.0. The molecule has 156 valence electrons. The minimum Gasteiger partial charge on any atom is -0.376 e. The Kier molecular flexibility index (Phi) is 6.28. The third-order valence-corrected chi connectivity index (χ3v) is 6.43. The predicted octanol–water partition coefficient (Wildman–Crippen LogP) is 3.94. The molecule has 2 aliphatic heterocycles. The number of rotatable bonds is 6. The van der Waals surface area contributed by atoms with E-state index in [1.165, 1.54) is 0 Å². The van der Waals surface area contributed by atoms with E-state index in [-0.39, 0.29) is 11.9 Å². The molecule has 0 spiro atoms. The van der Waals surface area contributed by atoms with Crippen molar-refractivity contribution in [2.75, 3.05) is 44.2 Å². The van der Waals surface area contributed by atoms with Crippen LogP contribution in [-0.2, 0) is 11.3 Å². The number of halogens is 1. The molecular formula is C23H30ClN3O2. The lowest BCUT2D eigenvalue weighted by Crippen LogP contribution is -2.48. The lowest BCUT2D eigenvalue weighted by molar-refractivity contribution is 0.0918. The first kappa shape index (κ1) is 20.5. The van der Waals surface area contributed by atoms with Gasteiger partial charge in [-0.2, -0.15) is 0 Å². The van der Waals surface area contributed by atoms with Crippen molar-refractivity contribution in [1.82, 2.24) is 9.47 Å². The second-order valence-electron chi connectivity index (χ2n) is 8.20. The zero-order chi connectivity index (χ0) is 20.4. The molecule has 0 aliphatic carbocycles. The average Bonchev–Trinajstić information content (AvgIpc) is 3.32. The standard InChI is InChI=1S/C23H30ClN3O2/c1-17-13-22(18(2)27(17)15-21-7-4-12-29-21)23(28)16-25-8-10-26(11-9-25)20-6-3-5-19(24)14-20/h3,5-6,13-14,21H,4,7-12,15-16H2,1-2H3/t21-/m0/s1. The molecule has 5 nitrogen and oxygen atoms in total. The number of anilines is 1. The fourth-order valence-corrected chi connectivity index (χ4v) is 4.67. The average molecular weight is 416 g/mol. The lowest BCUT2D eigenvalue weighted by atomic mass is 10.1. The van der Waals surface area contributed by atoms with Crippen LogP contribution in [-0.4, -0.2) is 60.7 Å². The molecule has 0 amide bonds. The predicted molar refractivity (Wildman–Crippen MR) is 117 cm³/mol. The number of piperazine rings is 1. The second-order valence-corrected chi connectivity index (χ2v) is 8.63. The van der Waals surface area contributed by atoms with Gasteiger partial charge in [0.05, 0.1) is 12.6 Å². The fraction of sp³-hybridized carbons (Fsp3) is 0.522. The van der Waals surface area contributed by atoms with E-state index in [4.69, 9.17) is 16.3 Å². The van der Waals surface area contributed by atoms with Gasteiger partial charge in [-0.05, 0) is 51.0 Å². The van der Waals surface area contributed by atoms with E-state index in [1.807, 2.05) is 18.2 Å². The second kappa shape index (κ2) is 8.90. The third-order valence-electron chi connectivity index (χ3n) is 6.20. The molecule has 0 unspecified atom stereocenters. The van der Waals surface area contributed by atoms with Gasteiger partial charge in [0.1, 0.15) is 0 Å². The Hall–Kier alpha value is -1.82. The summed E-state index contributed by atoms with van der Waals surface area (Å²) in [5, 5.41) is 0.762. The Morgan fingerprint density at radius 2 is 1.97 bits per heavy atom. The number of Topliss-reactive ketones (excluding diaryl/α,β-unsaturated/α-hetero) is 1. The van der Waals surface area contributed by atoms with Crippen molar-refractivity contribution in [3.05, 3.63) is 52.3 Å². The summed E-state index contributed by atoms with van der Waals surface area (Å²) in [5.74, 6) is 0.216. The molecule has 3 heterocycles. The van der Waals surface area contributed by atoms with E-state index >= 15 is 0 Å². The van der Waals surface area contributed by atoms with Crippen LogP contribution in [0.1, 0.15) is 34.6 Å². The van der Waals surface area contributed by atoms with E-state index in [0.29, 0.717) is 6.54 Å². The summed E-state index contributed by atoms with van der Waals surface area (Å²) in [5.41, 5.74) is 4.23. The van der Waals surface area contributed by atoms with Gasteiger partial charge in [-0.1, -0.05) is 17.7 Å². The van der Waals surface area contributed by atoms with Gasteiger partial charge in [-0.25, -0.2) is 0 Å². The summed E-state index contributed by atoms with van der Waals surface area (Å²) in [4.78, 5) is 17.6. The Morgan fingerprint density at radius 1 is 1.17 bits per heavy atom. The number of hydrogen-bond acceptors (Lipinski definition) is 4. The zero-order valence-electron chi connectivity index (χ0n) is 17.4. The summed E-state index contributed by atoms with van der Waals surface area (Å²) in [6, 6.07) is 10.0. The van der Waals surface area contributed by atoms with Gasteiger partial charge in [-0.15, -0.1) is 0 Å². The fourth-order valence-electron chi connectivity index (χ4n) is 4.48. The van der Waals surface area contributed by atoms with Crippen LogP contribution in [0, 0.1) is 13.8 Å². The number of benzene rings is 1. The number of ketones is 1. The van der Waals surface area contributed by atoms with Crippen LogP contribution in [0.4, 0.5) is 5.69 Å². The molecule has 1 aromatic heterocycles. The van der Waals surface area contributed by atoms with Crippen molar-refractivity contribution < 1.29 is 9.53 Å². The number of aromatic nitrogens is 1. The van der Waals surface area contributed by atoms with E-state index < -0.39 is 0 Å². The van der Waals surface area contributed by atoms with Gasteiger partial charge < -0.3 is 14.2 Å². The maximum absolute atomic E-state index is 13.0. The van der Waals surface area contributed by atoms with E-state index in [9.17, 15) is 4.79 Å². The molecule has 29 heavy (non-hydrogen) atoms. The normalized spacial score (nSPS) is 20.4. The third kappa shape index (κ3) is 4.68. The van der Waals surface area contributed by atoms with Gasteiger partial charge in [0, 0.05) is 67.0 Å². The molecule has 2 aromatic rings. The minimum absolute atomic E-state index is 0.216. The summed E-state index contributed by atoms with van der Waals surface area (Å²) >= 11 is 6.12. The van der Waals surface area contributed by atoms with Crippen LogP contribution in [0.15, 0.2) is 30.3 Å². The van der Waals surface area contributed by atoms with Gasteiger partial charge in [0.25, 0.3) is 0 Å². The van der Waals surface area contributed by atoms with Gasteiger partial charge in [0.2, 0.25) is 0 Å². The largest absolute Gasteiger partial charge is 0.376 e. The van der Waals surface area contributed by atoms with Crippen molar-refractivity contribution >= 4 is 23.1 Å². The monoisotopic (exact) mass is 415 g/mol. The highest BCUT2D eigenvalue weighted by Crippen LogP contribution is 2.23. The number of carbonyl (C=O) groups is 1. The molecule has 0 bridgehead atoms. The van der Waals surface area contributed by atoms with Crippen molar-refractivity contribution in [1.29, 1.82) is 0 Å². The van der Waals surface area contributed by atoms with Crippen LogP contribution in [0.5, 0.6) is 0 Å². The summed E-state index contributed by atoms with van der Waals surface area (Å²) < 4.78 is 8.04. The smallest absolute Gasteiger partial charge is 0.178 e. The molecule has 4 rings (SSSR count). The van der Waals surface area contributed by atoms with Crippen LogP contribution in [0.3, 0.4) is 0 Å². The van der Waals surface area contributed by atoms with Crippen LogP contribution < -0.4 is 4.90 Å². The molecular weight excluding hydrogens is 386 g/mol. The number of ether oxygens (including phenoxy) is 1. The first-order valence-electron chi connectivity index (χ1n) is 10.6. The van der Waals surface area contributed by atoms with Crippen molar-refractivity contribution in [3.8, 4) is 0 Å². The minimum atomic E-state index is 0.216. The molecule has 0 saturated carbocycles. The Balaban J connectivity index is 1.35. The van der Waals surface area contributed by atoms with Crippen molar-refractivity contribution in [2.45, 2.75) is 39.3 Å². The molecule has 0 N–H and O–H groups in total. The first-order chi connectivity index (χ1) is 14.0. The summed E-state index contributed by atoms with van der Waals surface area (Å²) in [6.45, 7) is 9.92. The maximum Gasteiger partial charge on any atom is 0.178 e. The SMILES string of the molecule is Cc1cc(C(=O)CN2CCN(c3cccc(Cl)c3)CC2)c(C)n1C[C@@H]1CCCO1. The number of carbonyl (C=O) groups excluding carboxylic acids is 1. The quantitative estimate of drug-likeness (QED) is 0.670. The molecule has 6 heteroatoms. The highest BCUT2D eigenvalue weighted by Gasteiger charge is 2.24. The van der Waals surface area contributed by atoms with Gasteiger partial charge >= 0.3 is 0 Å². The van der Waals surface area contributed by atoms with E-state index in [0.717, 1.165) is 79.8 Å². The topological polar surface area (TPSA) is 37.7 Å². The first-order valence-corrected chi connectivity index (χ1v) is 10.9. The Morgan fingerprint density at radius 3 is 2.66 bits per heavy atom. The van der Waals surface area contributed by atoms with Crippen molar-refractivity contribution in [2.24, 2.45) is 0 Å². The highest BCUT2D eigenvalue weighted by atomic mass is 35.5. The summed E-state index contributed by atoms with van der Waals surface area (Å²) in [6.07, 6.45) is 2.52. The van der Waals surface area contributed by atoms with Crippen LogP contribution in [0.25, 0.3) is 0 Å². The molecule has 2 saturated heterocycles. The number of nitrogens with zero attached hydrogens (tertiary/aromatic N) is 3. The number of hydrogen-bond donors (Lipinski definition) is 0. The molecule has 0 radical (unpaired) electrons. The van der Waals surface area contributed by atoms with Crippen LogP contribution >= 0.6 is 11.6 Å². The molecule has 2 fully saturated rings. The van der Waals surface area contributed by atoms with E-state index in [2.05, 4.69) is 40.3 Å². The zero-order valence-corrected chi connectivity index (χ0v) is 18.1. The van der Waals surface area contributed by atoms with Crippen molar-refractivity contribution in [3.63, 3.8) is 0 Å². The summed E-state index contributed by atoms with van der Waals surface area (Å²) in [7, 11) is 0. The lowest BCUT2D eigenvalue weighted by Gasteiger charge is -2.35. The number of aryl methyl sites for hydroxylation is 1. The Labute approximate surface area is 178 Å². The Bertz CT molecular complexity index is 865. The molecule has 1 atom stereocenters.